The maximum atomic E-state index is 9.20. The minimum atomic E-state index is 0.107. The Morgan fingerprint density at radius 3 is 2.38 bits per heavy atom. The van der Waals surface area contributed by atoms with Gasteiger partial charge in [-0.05, 0) is 72.4 Å². The van der Waals surface area contributed by atoms with Gasteiger partial charge in [-0.25, -0.2) is 0 Å². The van der Waals surface area contributed by atoms with Crippen LogP contribution >= 0.6 is 15.9 Å². The second-order valence-corrected chi connectivity index (χ2v) is 7.11. The molecule has 0 aliphatic carbocycles. The van der Waals surface area contributed by atoms with Gasteiger partial charge in [-0.3, -0.25) is 0 Å². The molecule has 0 radical (unpaired) electrons. The number of anilines is 1. The van der Waals surface area contributed by atoms with Crippen molar-refractivity contribution in [1.82, 2.24) is 4.90 Å². The van der Waals surface area contributed by atoms with Crippen LogP contribution in [0.4, 0.5) is 5.69 Å². The third-order valence-electron chi connectivity index (χ3n) is 4.91. The molecule has 1 N–H and O–H groups in total. The van der Waals surface area contributed by atoms with E-state index in [0.717, 1.165) is 29.2 Å². The predicted molar refractivity (Wildman–Crippen MR) is 90.7 cm³/mol. The molecular weight excluding hydrogens is 328 g/mol. The summed E-state index contributed by atoms with van der Waals surface area (Å²) in [6.45, 7) is 4.99. The van der Waals surface area contributed by atoms with Crippen LogP contribution in [0.25, 0.3) is 0 Å². The highest BCUT2D eigenvalue weighted by atomic mass is 79.9. The highest BCUT2D eigenvalue weighted by Gasteiger charge is 2.26. The van der Waals surface area contributed by atoms with Crippen LogP contribution < -0.4 is 4.90 Å². The van der Waals surface area contributed by atoms with Crippen molar-refractivity contribution in [1.29, 1.82) is 0 Å². The Balaban J connectivity index is 1.60. The maximum Gasteiger partial charge on any atom is 0.0682 e. The van der Waals surface area contributed by atoms with Crippen LogP contribution in [0.15, 0.2) is 22.7 Å². The Morgan fingerprint density at radius 2 is 1.76 bits per heavy atom. The Kier molecular flexibility index (Phi) is 5.19. The van der Waals surface area contributed by atoms with E-state index in [2.05, 4.69) is 31.8 Å². The Labute approximate surface area is 136 Å². The van der Waals surface area contributed by atoms with E-state index in [0.29, 0.717) is 0 Å². The van der Waals surface area contributed by atoms with E-state index in [9.17, 15) is 5.11 Å². The Hall–Kier alpha value is -0.580. The van der Waals surface area contributed by atoms with Gasteiger partial charge in [0.2, 0.25) is 0 Å². The zero-order valence-electron chi connectivity index (χ0n) is 12.6. The molecule has 2 heterocycles. The highest BCUT2D eigenvalue weighted by Crippen LogP contribution is 2.31. The van der Waals surface area contributed by atoms with Crippen molar-refractivity contribution >= 4 is 21.6 Å². The first-order valence-electron chi connectivity index (χ1n) is 8.16. The Morgan fingerprint density at radius 1 is 1.05 bits per heavy atom. The molecule has 4 heteroatoms. The molecule has 0 amide bonds. The molecule has 2 saturated heterocycles. The van der Waals surface area contributed by atoms with Crippen LogP contribution in [0.3, 0.4) is 0 Å². The van der Waals surface area contributed by atoms with Gasteiger partial charge in [-0.1, -0.05) is 12.5 Å². The third-order valence-corrected chi connectivity index (χ3v) is 5.54. The van der Waals surface area contributed by atoms with Gasteiger partial charge >= 0.3 is 0 Å². The fourth-order valence-corrected chi connectivity index (χ4v) is 4.34. The number of aliphatic hydroxyl groups excluding tert-OH is 1. The van der Waals surface area contributed by atoms with Gasteiger partial charge in [0.25, 0.3) is 0 Å². The van der Waals surface area contributed by atoms with E-state index in [1.165, 1.54) is 50.9 Å². The molecule has 116 valence electrons. The Bertz CT molecular complexity index is 466. The molecule has 1 aromatic rings. The quantitative estimate of drug-likeness (QED) is 0.902. The topological polar surface area (TPSA) is 26.7 Å². The number of benzene rings is 1. The van der Waals surface area contributed by atoms with Crippen molar-refractivity contribution in [2.75, 3.05) is 31.1 Å². The van der Waals surface area contributed by atoms with E-state index in [-0.39, 0.29) is 6.61 Å². The van der Waals surface area contributed by atoms with E-state index in [4.69, 9.17) is 0 Å². The van der Waals surface area contributed by atoms with E-state index in [1.807, 2.05) is 12.1 Å². The lowest BCUT2D eigenvalue weighted by Gasteiger charge is -2.41. The lowest BCUT2D eigenvalue weighted by Crippen LogP contribution is -2.46. The van der Waals surface area contributed by atoms with Gasteiger partial charge < -0.3 is 14.9 Å². The minimum absolute atomic E-state index is 0.107. The summed E-state index contributed by atoms with van der Waals surface area (Å²) in [6, 6.07) is 6.98. The summed E-state index contributed by atoms with van der Waals surface area (Å²) in [6.07, 6.45) is 6.73. The number of aliphatic hydroxyl groups is 1. The second-order valence-electron chi connectivity index (χ2n) is 6.26. The molecule has 2 aliphatic heterocycles. The van der Waals surface area contributed by atoms with Crippen LogP contribution in [0, 0.1) is 0 Å². The SMILES string of the molecule is OCc1ccc(N2CCC(N3CCCCC3)CC2)c(Br)c1. The van der Waals surface area contributed by atoms with Crippen molar-refractivity contribution in [3.63, 3.8) is 0 Å². The van der Waals surface area contributed by atoms with Crippen LogP contribution in [0.1, 0.15) is 37.7 Å². The van der Waals surface area contributed by atoms with E-state index >= 15 is 0 Å². The summed E-state index contributed by atoms with van der Waals surface area (Å²) >= 11 is 3.65. The van der Waals surface area contributed by atoms with Gasteiger partial charge in [0.05, 0.1) is 12.3 Å². The van der Waals surface area contributed by atoms with Crippen LogP contribution in [-0.2, 0) is 6.61 Å². The lowest BCUT2D eigenvalue weighted by molar-refractivity contribution is 0.141. The first-order valence-corrected chi connectivity index (χ1v) is 8.95. The van der Waals surface area contributed by atoms with Crippen LogP contribution in [0.2, 0.25) is 0 Å². The summed E-state index contributed by atoms with van der Waals surface area (Å²) in [5, 5.41) is 9.20. The number of piperidine rings is 2. The number of halogens is 1. The summed E-state index contributed by atoms with van der Waals surface area (Å²) in [7, 11) is 0. The zero-order chi connectivity index (χ0) is 14.7. The largest absolute Gasteiger partial charge is 0.392 e. The number of nitrogens with zero attached hydrogens (tertiary/aromatic N) is 2. The van der Waals surface area contributed by atoms with Gasteiger partial charge in [0.15, 0.2) is 0 Å². The molecule has 2 aliphatic rings. The van der Waals surface area contributed by atoms with Crippen molar-refractivity contribution < 1.29 is 5.11 Å². The zero-order valence-corrected chi connectivity index (χ0v) is 14.2. The molecule has 0 atom stereocenters. The third kappa shape index (κ3) is 3.61. The molecule has 0 bridgehead atoms. The van der Waals surface area contributed by atoms with Crippen LogP contribution in [-0.4, -0.2) is 42.2 Å². The average molecular weight is 353 g/mol. The maximum absolute atomic E-state index is 9.20. The molecule has 1 aromatic carbocycles. The summed E-state index contributed by atoms with van der Waals surface area (Å²) < 4.78 is 1.10. The van der Waals surface area contributed by atoms with Crippen LogP contribution in [0.5, 0.6) is 0 Å². The fraction of sp³-hybridized carbons (Fsp3) is 0.647. The first-order chi connectivity index (χ1) is 10.3. The lowest BCUT2D eigenvalue weighted by atomic mass is 9.99. The molecule has 0 saturated carbocycles. The number of rotatable bonds is 3. The standard InChI is InChI=1S/C17H25BrN2O/c18-16-12-14(13-21)4-5-17(16)20-10-6-15(7-11-20)19-8-2-1-3-9-19/h4-5,12,15,21H,1-3,6-11,13H2. The molecule has 0 unspecified atom stereocenters. The molecule has 3 rings (SSSR count). The molecular formula is C17H25BrN2O. The molecule has 2 fully saturated rings. The van der Waals surface area contributed by atoms with Gasteiger partial charge in [0, 0.05) is 23.6 Å². The van der Waals surface area contributed by atoms with Crippen molar-refractivity contribution in [3.05, 3.63) is 28.2 Å². The summed E-state index contributed by atoms with van der Waals surface area (Å²) in [5.74, 6) is 0. The summed E-state index contributed by atoms with van der Waals surface area (Å²) in [5.41, 5.74) is 2.23. The van der Waals surface area contributed by atoms with Crippen molar-refractivity contribution in [3.8, 4) is 0 Å². The predicted octanol–water partition coefficient (Wildman–Crippen LogP) is 3.40. The van der Waals surface area contributed by atoms with Gasteiger partial charge in [-0.2, -0.15) is 0 Å². The second kappa shape index (κ2) is 7.12. The van der Waals surface area contributed by atoms with E-state index < -0.39 is 0 Å². The number of hydrogen-bond acceptors (Lipinski definition) is 3. The number of likely N-dealkylation sites (tertiary alicyclic amines) is 1. The normalized spacial score (nSPS) is 21.7. The summed E-state index contributed by atoms with van der Waals surface area (Å²) in [4.78, 5) is 5.19. The molecule has 3 nitrogen and oxygen atoms in total. The van der Waals surface area contributed by atoms with Gasteiger partial charge in [-0.15, -0.1) is 0 Å². The van der Waals surface area contributed by atoms with Crippen molar-refractivity contribution in [2.45, 2.75) is 44.8 Å². The smallest absolute Gasteiger partial charge is 0.0682 e. The van der Waals surface area contributed by atoms with Gasteiger partial charge in [0.1, 0.15) is 0 Å². The first kappa shape index (κ1) is 15.3. The molecule has 0 aromatic heterocycles. The number of hydrogen-bond donors (Lipinski definition) is 1. The highest BCUT2D eigenvalue weighted by molar-refractivity contribution is 9.10. The van der Waals surface area contributed by atoms with E-state index in [1.54, 1.807) is 0 Å². The average Bonchev–Trinajstić information content (AvgIpc) is 2.56. The monoisotopic (exact) mass is 352 g/mol. The van der Waals surface area contributed by atoms with Crippen molar-refractivity contribution in [2.24, 2.45) is 0 Å². The minimum Gasteiger partial charge on any atom is -0.392 e. The molecule has 0 spiro atoms. The molecule has 21 heavy (non-hydrogen) atoms. The fourth-order valence-electron chi connectivity index (χ4n) is 3.66.